The number of nitrogens with zero attached hydrogens (tertiary/aromatic N) is 2. The van der Waals surface area contributed by atoms with Gasteiger partial charge in [0.25, 0.3) is 0 Å². The summed E-state index contributed by atoms with van der Waals surface area (Å²) in [5, 5.41) is 33.6. The zero-order chi connectivity index (χ0) is 19.5. The summed E-state index contributed by atoms with van der Waals surface area (Å²) in [7, 11) is 1.50. The predicted molar refractivity (Wildman–Crippen MR) is 104 cm³/mol. The summed E-state index contributed by atoms with van der Waals surface area (Å²) in [6, 6.07) is 19.3. The fourth-order valence-corrected chi connectivity index (χ4v) is 4.04. The molecule has 2 atom stereocenters. The fraction of sp³-hybridized carbons (Fsp3) is 0.136. The lowest BCUT2D eigenvalue weighted by atomic mass is 9.90. The maximum absolute atomic E-state index is 11.9. The first-order valence-electron chi connectivity index (χ1n) is 8.91. The lowest BCUT2D eigenvalue weighted by molar-refractivity contribution is -0.0978. The predicted octanol–water partition coefficient (Wildman–Crippen LogP) is 3.16. The number of methoxy groups -OCH3 is 1. The molecule has 1 aliphatic heterocycles. The van der Waals surface area contributed by atoms with E-state index >= 15 is 0 Å². The molecular weight excluding hydrogens is 356 g/mol. The van der Waals surface area contributed by atoms with Crippen LogP contribution in [-0.4, -0.2) is 32.0 Å². The van der Waals surface area contributed by atoms with Crippen LogP contribution in [0.5, 0.6) is 11.5 Å². The molecule has 1 aromatic heterocycles. The highest BCUT2D eigenvalue weighted by Crippen LogP contribution is 2.51. The minimum absolute atomic E-state index is 0.128. The van der Waals surface area contributed by atoms with Gasteiger partial charge in [-0.3, -0.25) is 4.57 Å². The monoisotopic (exact) mass is 374 g/mol. The summed E-state index contributed by atoms with van der Waals surface area (Å²) < 4.78 is 6.86. The van der Waals surface area contributed by atoms with Crippen molar-refractivity contribution in [2.24, 2.45) is 0 Å². The van der Waals surface area contributed by atoms with Gasteiger partial charge in [-0.05, 0) is 30.3 Å². The molecule has 140 valence electrons. The third-order valence-electron chi connectivity index (χ3n) is 5.38. The summed E-state index contributed by atoms with van der Waals surface area (Å²) in [5.41, 5.74) is 0.999. The van der Waals surface area contributed by atoms with Crippen LogP contribution in [0.4, 0.5) is 0 Å². The number of imidazole rings is 1. The number of phenolic OH excluding ortho intramolecular Hbond substituents is 1. The standard InChI is InChI=1S/C22H18N2O4/c1-28-13-10-11-19(25)15(12-13)20(26)22(27)16-7-3-2-6-14(16)21-23-17-8-4-5-9-18(17)24(21)22/h2-12,20,25-27H,1H3/t20-,22+/m1/s1. The summed E-state index contributed by atoms with van der Waals surface area (Å²) in [6.45, 7) is 0. The van der Waals surface area contributed by atoms with E-state index in [-0.39, 0.29) is 11.3 Å². The molecule has 4 aromatic rings. The number of phenols is 1. The quantitative estimate of drug-likeness (QED) is 0.513. The number of aliphatic hydroxyl groups is 2. The number of hydrogen-bond donors (Lipinski definition) is 3. The van der Waals surface area contributed by atoms with E-state index in [4.69, 9.17) is 4.74 Å². The van der Waals surface area contributed by atoms with Crippen LogP contribution in [0.15, 0.2) is 66.7 Å². The number of aliphatic hydroxyl groups excluding tert-OH is 1. The van der Waals surface area contributed by atoms with Crippen molar-refractivity contribution in [2.75, 3.05) is 7.11 Å². The van der Waals surface area contributed by atoms with Crippen molar-refractivity contribution in [2.45, 2.75) is 11.8 Å². The first-order chi connectivity index (χ1) is 13.6. The Bertz CT molecular complexity index is 1220. The molecule has 0 bridgehead atoms. The second-order valence-corrected chi connectivity index (χ2v) is 6.86. The normalized spacial score (nSPS) is 18.7. The molecule has 6 nitrogen and oxygen atoms in total. The highest BCUT2D eigenvalue weighted by atomic mass is 16.5. The van der Waals surface area contributed by atoms with Gasteiger partial charge in [0, 0.05) is 16.7 Å². The Labute approximate surface area is 160 Å². The summed E-state index contributed by atoms with van der Waals surface area (Å²) in [4.78, 5) is 4.67. The molecule has 0 saturated heterocycles. The van der Waals surface area contributed by atoms with Crippen molar-refractivity contribution in [3.05, 3.63) is 77.9 Å². The summed E-state index contributed by atoms with van der Waals surface area (Å²) >= 11 is 0. The molecule has 0 saturated carbocycles. The largest absolute Gasteiger partial charge is 0.508 e. The highest BCUT2D eigenvalue weighted by molar-refractivity contribution is 5.85. The molecule has 3 aromatic carbocycles. The van der Waals surface area contributed by atoms with Crippen LogP contribution in [0, 0.1) is 0 Å². The average Bonchev–Trinajstić information content (AvgIpc) is 3.23. The van der Waals surface area contributed by atoms with Crippen molar-refractivity contribution in [1.82, 2.24) is 9.55 Å². The molecule has 0 aliphatic carbocycles. The van der Waals surface area contributed by atoms with E-state index in [1.165, 1.54) is 19.2 Å². The van der Waals surface area contributed by atoms with Crippen LogP contribution < -0.4 is 4.74 Å². The number of aromatic hydroxyl groups is 1. The average molecular weight is 374 g/mol. The second-order valence-electron chi connectivity index (χ2n) is 6.86. The van der Waals surface area contributed by atoms with Crippen molar-refractivity contribution < 1.29 is 20.1 Å². The van der Waals surface area contributed by atoms with Gasteiger partial charge in [-0.1, -0.05) is 36.4 Å². The third kappa shape index (κ3) is 2.07. The van der Waals surface area contributed by atoms with Crippen LogP contribution in [0.25, 0.3) is 22.4 Å². The number of ether oxygens (including phenoxy) is 1. The molecule has 5 rings (SSSR count). The Morgan fingerprint density at radius 3 is 2.61 bits per heavy atom. The summed E-state index contributed by atoms with van der Waals surface area (Å²) in [6.07, 6.45) is -1.46. The van der Waals surface area contributed by atoms with E-state index < -0.39 is 11.8 Å². The topological polar surface area (TPSA) is 87.7 Å². The molecule has 0 fully saturated rings. The number of hydrogen-bond acceptors (Lipinski definition) is 5. The van der Waals surface area contributed by atoms with E-state index in [2.05, 4.69) is 4.98 Å². The van der Waals surface area contributed by atoms with E-state index in [0.717, 1.165) is 5.56 Å². The number of fused-ring (bicyclic) bond motifs is 5. The first-order valence-corrected chi connectivity index (χ1v) is 8.91. The van der Waals surface area contributed by atoms with Crippen molar-refractivity contribution in [3.8, 4) is 22.9 Å². The van der Waals surface area contributed by atoms with Crippen molar-refractivity contribution >= 4 is 11.0 Å². The number of rotatable bonds is 3. The lowest BCUT2D eigenvalue weighted by Crippen LogP contribution is -2.38. The van der Waals surface area contributed by atoms with Gasteiger partial charge in [0.05, 0.1) is 18.1 Å². The van der Waals surface area contributed by atoms with Gasteiger partial charge in [-0.2, -0.15) is 0 Å². The van der Waals surface area contributed by atoms with Crippen LogP contribution in [0.3, 0.4) is 0 Å². The molecule has 0 spiro atoms. The maximum Gasteiger partial charge on any atom is 0.201 e. The zero-order valence-corrected chi connectivity index (χ0v) is 15.1. The molecule has 0 radical (unpaired) electrons. The molecule has 0 amide bonds. The number of para-hydroxylation sites is 2. The minimum atomic E-state index is -1.84. The fourth-order valence-electron chi connectivity index (χ4n) is 4.04. The van der Waals surface area contributed by atoms with E-state index in [0.29, 0.717) is 28.2 Å². The Morgan fingerprint density at radius 2 is 1.79 bits per heavy atom. The molecular formula is C22H18N2O4. The van der Waals surface area contributed by atoms with Gasteiger partial charge >= 0.3 is 0 Å². The van der Waals surface area contributed by atoms with Gasteiger partial charge in [0.15, 0.2) is 0 Å². The van der Waals surface area contributed by atoms with Gasteiger partial charge in [-0.25, -0.2) is 4.98 Å². The SMILES string of the molecule is COc1ccc(O)c([C@@H](O)[C@@]2(O)c3ccccc3-c3nc4ccccc4n32)c1. The Balaban J connectivity index is 1.82. The van der Waals surface area contributed by atoms with Crippen molar-refractivity contribution in [3.63, 3.8) is 0 Å². The van der Waals surface area contributed by atoms with Gasteiger partial charge in [0.1, 0.15) is 23.4 Å². The Morgan fingerprint density at radius 1 is 1.04 bits per heavy atom. The minimum Gasteiger partial charge on any atom is -0.508 e. The van der Waals surface area contributed by atoms with E-state index in [1.807, 2.05) is 36.4 Å². The number of aromatic nitrogens is 2. The third-order valence-corrected chi connectivity index (χ3v) is 5.38. The van der Waals surface area contributed by atoms with E-state index in [9.17, 15) is 15.3 Å². The van der Waals surface area contributed by atoms with Crippen LogP contribution in [0.2, 0.25) is 0 Å². The van der Waals surface area contributed by atoms with Crippen LogP contribution in [-0.2, 0) is 5.72 Å². The van der Waals surface area contributed by atoms with Crippen molar-refractivity contribution in [1.29, 1.82) is 0 Å². The Kier molecular flexibility index (Phi) is 3.49. The van der Waals surface area contributed by atoms with Gasteiger partial charge in [-0.15, -0.1) is 0 Å². The Hall–Kier alpha value is -3.35. The molecule has 6 heteroatoms. The van der Waals surface area contributed by atoms with Crippen LogP contribution >= 0.6 is 0 Å². The molecule has 2 heterocycles. The summed E-state index contributed by atoms with van der Waals surface area (Å²) in [5.74, 6) is 0.912. The molecule has 28 heavy (non-hydrogen) atoms. The smallest absolute Gasteiger partial charge is 0.201 e. The molecule has 0 unspecified atom stereocenters. The second kappa shape index (κ2) is 5.82. The molecule has 3 N–H and O–H groups in total. The van der Waals surface area contributed by atoms with E-state index in [1.54, 1.807) is 22.8 Å². The zero-order valence-electron chi connectivity index (χ0n) is 15.1. The molecule has 1 aliphatic rings. The highest BCUT2D eigenvalue weighted by Gasteiger charge is 2.50. The van der Waals surface area contributed by atoms with Gasteiger partial charge < -0.3 is 20.1 Å². The maximum atomic E-state index is 11.9. The lowest BCUT2D eigenvalue weighted by Gasteiger charge is -2.33. The van der Waals surface area contributed by atoms with Crippen LogP contribution in [0.1, 0.15) is 17.2 Å². The first kappa shape index (κ1) is 16.8. The van der Waals surface area contributed by atoms with Gasteiger partial charge in [0.2, 0.25) is 5.72 Å². The number of benzene rings is 3.